The minimum absolute atomic E-state index is 0.0600. The maximum atomic E-state index is 12.3. The summed E-state index contributed by atoms with van der Waals surface area (Å²) in [6, 6.07) is 9.75. The van der Waals surface area contributed by atoms with E-state index in [1.54, 1.807) is 11.5 Å². The molecule has 0 fully saturated rings. The predicted molar refractivity (Wildman–Crippen MR) is 98.2 cm³/mol. The van der Waals surface area contributed by atoms with Crippen LogP contribution in [0.3, 0.4) is 0 Å². The van der Waals surface area contributed by atoms with Crippen molar-refractivity contribution in [2.45, 2.75) is 26.9 Å². The Labute approximate surface area is 152 Å². The molecule has 1 aromatic carbocycles. The predicted octanol–water partition coefficient (Wildman–Crippen LogP) is 0.871. The smallest absolute Gasteiger partial charge is 0.348 e. The highest BCUT2D eigenvalue weighted by atomic mass is 16.5. The van der Waals surface area contributed by atoms with Gasteiger partial charge in [-0.05, 0) is 26.0 Å². The fraction of sp³-hybridized carbons (Fsp3) is 0.421. The fourth-order valence-corrected chi connectivity index (χ4v) is 3.13. The number of aromatic nitrogens is 2. The fourth-order valence-electron chi connectivity index (χ4n) is 3.13. The quantitative estimate of drug-likeness (QED) is 0.860. The minimum Gasteiger partial charge on any atom is -0.492 e. The Morgan fingerprint density at radius 2 is 2.12 bits per heavy atom. The van der Waals surface area contributed by atoms with E-state index in [-0.39, 0.29) is 11.6 Å². The Bertz CT molecular complexity index is 847. The van der Waals surface area contributed by atoms with Gasteiger partial charge in [0.05, 0.1) is 6.54 Å². The summed E-state index contributed by atoms with van der Waals surface area (Å²) in [4.78, 5) is 30.2. The Kier molecular flexibility index (Phi) is 5.68. The number of para-hydroxylation sites is 1. The molecule has 26 heavy (non-hydrogen) atoms. The number of fused-ring (bicyclic) bond motifs is 1. The van der Waals surface area contributed by atoms with Crippen molar-refractivity contribution in [3.05, 3.63) is 57.8 Å². The summed E-state index contributed by atoms with van der Waals surface area (Å²) in [6.07, 6.45) is 0. The van der Waals surface area contributed by atoms with E-state index in [1.165, 1.54) is 0 Å². The summed E-state index contributed by atoms with van der Waals surface area (Å²) in [5.41, 5.74) is 2.36. The van der Waals surface area contributed by atoms with Gasteiger partial charge in [0.2, 0.25) is 5.91 Å². The first-order valence-corrected chi connectivity index (χ1v) is 8.78. The molecular formula is C19H24N4O3. The maximum Gasteiger partial charge on any atom is 0.348 e. The van der Waals surface area contributed by atoms with E-state index < -0.39 is 0 Å². The van der Waals surface area contributed by atoms with Crippen molar-refractivity contribution in [3.8, 4) is 5.75 Å². The first kappa shape index (κ1) is 18.1. The van der Waals surface area contributed by atoms with E-state index >= 15 is 0 Å². The molecule has 0 radical (unpaired) electrons. The molecule has 0 spiro atoms. The lowest BCUT2D eigenvalue weighted by molar-refractivity contribution is -0.122. The largest absolute Gasteiger partial charge is 0.492 e. The van der Waals surface area contributed by atoms with Gasteiger partial charge in [-0.3, -0.25) is 14.3 Å². The average molecular weight is 356 g/mol. The molecule has 0 bridgehead atoms. The molecule has 2 aromatic rings. The molecule has 0 aliphatic carbocycles. The van der Waals surface area contributed by atoms with E-state index in [2.05, 4.69) is 15.2 Å². The third-order valence-electron chi connectivity index (χ3n) is 4.40. The number of ether oxygens (including phenoxy) is 1. The molecule has 0 saturated carbocycles. The van der Waals surface area contributed by atoms with Crippen LogP contribution in [0.4, 0.5) is 0 Å². The van der Waals surface area contributed by atoms with Crippen LogP contribution in [0.25, 0.3) is 0 Å². The van der Waals surface area contributed by atoms with Gasteiger partial charge < -0.3 is 10.1 Å². The van der Waals surface area contributed by atoms with Gasteiger partial charge in [-0.25, -0.2) is 4.79 Å². The summed E-state index contributed by atoms with van der Waals surface area (Å²) in [6.45, 7) is 6.72. The SMILES string of the molecule is Cc1cc(C)n(CCNC(=O)CN2CCOc3ccccc3C2)c(=O)n1. The third-order valence-corrected chi connectivity index (χ3v) is 4.40. The Hall–Kier alpha value is -2.67. The first-order chi connectivity index (χ1) is 12.5. The van der Waals surface area contributed by atoms with Crippen molar-refractivity contribution < 1.29 is 9.53 Å². The topological polar surface area (TPSA) is 76.5 Å². The van der Waals surface area contributed by atoms with E-state index in [4.69, 9.17) is 4.74 Å². The second-order valence-electron chi connectivity index (χ2n) is 6.49. The van der Waals surface area contributed by atoms with Crippen molar-refractivity contribution in [1.29, 1.82) is 0 Å². The molecule has 7 heteroatoms. The molecule has 1 aromatic heterocycles. The van der Waals surface area contributed by atoms with E-state index in [9.17, 15) is 9.59 Å². The number of hydrogen-bond acceptors (Lipinski definition) is 5. The summed E-state index contributed by atoms with van der Waals surface area (Å²) in [5.74, 6) is 0.826. The van der Waals surface area contributed by atoms with Crippen LogP contribution in [0.1, 0.15) is 17.0 Å². The lowest BCUT2D eigenvalue weighted by atomic mass is 10.2. The Morgan fingerprint density at radius 3 is 2.92 bits per heavy atom. The van der Waals surface area contributed by atoms with Gasteiger partial charge in [-0.1, -0.05) is 18.2 Å². The van der Waals surface area contributed by atoms with Crippen molar-refractivity contribution in [3.63, 3.8) is 0 Å². The lowest BCUT2D eigenvalue weighted by Gasteiger charge is -2.19. The van der Waals surface area contributed by atoms with Gasteiger partial charge in [0.1, 0.15) is 12.4 Å². The second-order valence-corrected chi connectivity index (χ2v) is 6.49. The van der Waals surface area contributed by atoms with Crippen molar-refractivity contribution in [2.75, 3.05) is 26.2 Å². The molecule has 0 atom stereocenters. The van der Waals surface area contributed by atoms with E-state index in [1.807, 2.05) is 37.3 Å². The molecule has 138 valence electrons. The number of aryl methyl sites for hydroxylation is 2. The standard InChI is InChI=1S/C19H24N4O3/c1-14-11-15(2)23(19(25)21-14)8-7-20-18(24)13-22-9-10-26-17-6-4-3-5-16(17)12-22/h3-6,11H,7-10,12-13H2,1-2H3,(H,20,24). The molecule has 1 aliphatic rings. The minimum atomic E-state index is -0.280. The number of carbonyl (C=O) groups is 1. The summed E-state index contributed by atoms with van der Waals surface area (Å²) >= 11 is 0. The van der Waals surface area contributed by atoms with Crippen LogP contribution in [0.5, 0.6) is 5.75 Å². The lowest BCUT2D eigenvalue weighted by Crippen LogP contribution is -2.40. The van der Waals surface area contributed by atoms with Gasteiger partial charge >= 0.3 is 5.69 Å². The Balaban J connectivity index is 1.51. The van der Waals surface area contributed by atoms with Crippen LogP contribution in [0.2, 0.25) is 0 Å². The number of amides is 1. The highest BCUT2D eigenvalue weighted by Gasteiger charge is 2.17. The molecule has 0 unspecified atom stereocenters. The van der Waals surface area contributed by atoms with Crippen LogP contribution >= 0.6 is 0 Å². The van der Waals surface area contributed by atoms with Crippen molar-refractivity contribution in [2.24, 2.45) is 0 Å². The Morgan fingerprint density at radius 1 is 1.31 bits per heavy atom. The number of nitrogens with zero attached hydrogens (tertiary/aromatic N) is 3. The number of carbonyl (C=O) groups excluding carboxylic acids is 1. The van der Waals surface area contributed by atoms with Crippen LogP contribution < -0.4 is 15.7 Å². The monoisotopic (exact) mass is 356 g/mol. The van der Waals surface area contributed by atoms with Gasteiger partial charge in [-0.2, -0.15) is 4.98 Å². The van der Waals surface area contributed by atoms with Crippen LogP contribution in [-0.2, 0) is 17.9 Å². The van der Waals surface area contributed by atoms with E-state index in [0.29, 0.717) is 45.0 Å². The van der Waals surface area contributed by atoms with Crippen LogP contribution in [0.15, 0.2) is 35.1 Å². The third kappa shape index (κ3) is 4.49. The van der Waals surface area contributed by atoms with Crippen LogP contribution in [0, 0.1) is 13.8 Å². The van der Waals surface area contributed by atoms with Crippen LogP contribution in [-0.4, -0.2) is 46.6 Å². The highest BCUT2D eigenvalue weighted by molar-refractivity contribution is 5.78. The summed E-state index contributed by atoms with van der Waals surface area (Å²) in [5, 5.41) is 2.88. The molecule has 1 aliphatic heterocycles. The summed E-state index contributed by atoms with van der Waals surface area (Å²) in [7, 11) is 0. The van der Waals surface area contributed by atoms with Gasteiger partial charge in [-0.15, -0.1) is 0 Å². The number of hydrogen-bond donors (Lipinski definition) is 1. The maximum absolute atomic E-state index is 12.3. The van der Waals surface area contributed by atoms with Gasteiger partial charge in [0.25, 0.3) is 0 Å². The zero-order valence-corrected chi connectivity index (χ0v) is 15.2. The first-order valence-electron chi connectivity index (χ1n) is 8.78. The number of benzene rings is 1. The molecule has 1 N–H and O–H groups in total. The van der Waals surface area contributed by atoms with Gasteiger partial charge in [0.15, 0.2) is 0 Å². The number of rotatable bonds is 5. The van der Waals surface area contributed by atoms with Crippen molar-refractivity contribution in [1.82, 2.24) is 19.8 Å². The van der Waals surface area contributed by atoms with Crippen molar-refractivity contribution >= 4 is 5.91 Å². The molecule has 7 nitrogen and oxygen atoms in total. The molecule has 3 rings (SSSR count). The zero-order valence-electron chi connectivity index (χ0n) is 15.2. The van der Waals surface area contributed by atoms with Gasteiger partial charge in [0, 0.05) is 43.1 Å². The second kappa shape index (κ2) is 8.14. The molecular weight excluding hydrogens is 332 g/mol. The highest BCUT2D eigenvalue weighted by Crippen LogP contribution is 2.22. The average Bonchev–Trinajstić information content (AvgIpc) is 2.78. The molecule has 1 amide bonds. The number of nitrogens with one attached hydrogen (secondary N) is 1. The molecule has 0 saturated heterocycles. The zero-order chi connectivity index (χ0) is 18.5. The summed E-state index contributed by atoms with van der Waals surface area (Å²) < 4.78 is 7.29. The molecule has 2 heterocycles. The van der Waals surface area contributed by atoms with E-state index in [0.717, 1.165) is 17.0 Å². The normalized spacial score (nSPS) is 14.2.